The highest BCUT2D eigenvalue weighted by atomic mass is 16.3. The number of hydrogen-bond donors (Lipinski definition) is 4. The molecule has 4 amide bonds. The highest BCUT2D eigenvalue weighted by Crippen LogP contribution is 2.50. The number of hydrogen-bond acceptors (Lipinski definition) is 8. The quantitative estimate of drug-likeness (QED) is 0.208. The number of pyridine rings is 2. The highest BCUT2D eigenvalue weighted by Gasteiger charge is 2.58. The van der Waals surface area contributed by atoms with E-state index in [1.807, 2.05) is 62.4 Å². The van der Waals surface area contributed by atoms with Crippen LogP contribution in [0, 0.1) is 23.7 Å². The fourth-order valence-corrected chi connectivity index (χ4v) is 12.2. The number of nitrogens with zero attached hydrogens (tertiary/aromatic N) is 4. The van der Waals surface area contributed by atoms with E-state index >= 15 is 0 Å². The summed E-state index contributed by atoms with van der Waals surface area (Å²) in [6.45, 7) is 6.80. The van der Waals surface area contributed by atoms with Crippen molar-refractivity contribution in [3.05, 3.63) is 150 Å². The minimum absolute atomic E-state index is 0.0141. The summed E-state index contributed by atoms with van der Waals surface area (Å²) in [6.07, 6.45) is 10.2. The van der Waals surface area contributed by atoms with Crippen LogP contribution in [-0.2, 0) is 58.0 Å². The molecule has 0 radical (unpaired) electrons. The Labute approximate surface area is 383 Å². The zero-order chi connectivity index (χ0) is 46.6. The Balaban J connectivity index is 0.000000166. The molecule has 6 aliphatic rings. The lowest BCUT2D eigenvalue weighted by Crippen LogP contribution is -2.48. The standard InChI is InChI=1S/2C26H29N3O4/c2*1-3-6-16-9-10-21-24-23(25(32)27-19-11-17-7-4-5-8-18(17)12-19)20(14-30)22(29(24)15(2)31)13-28(21)26(16)33/h2*3-10,19-20,22-24,30H,11-14H2,1-2H3,(H,27,32)/b6-3+;6-3-/t2*20-,22-,23+,24+/m11/s1. The topological polar surface area (TPSA) is 183 Å². The molecule has 4 N–H and O–H groups in total. The van der Waals surface area contributed by atoms with E-state index in [0.29, 0.717) is 22.5 Å². The lowest BCUT2D eigenvalue weighted by molar-refractivity contribution is -0.136. The van der Waals surface area contributed by atoms with E-state index in [4.69, 9.17) is 0 Å². The molecule has 14 heteroatoms. The van der Waals surface area contributed by atoms with Crippen molar-refractivity contribution >= 4 is 35.8 Å². The third-order valence-corrected chi connectivity index (χ3v) is 15.0. The Kier molecular flexibility index (Phi) is 12.3. The van der Waals surface area contributed by atoms with Gasteiger partial charge in [0.05, 0.1) is 36.0 Å². The van der Waals surface area contributed by atoms with Gasteiger partial charge in [0.25, 0.3) is 11.1 Å². The molecule has 6 heterocycles. The minimum Gasteiger partial charge on any atom is -0.396 e. The summed E-state index contributed by atoms with van der Waals surface area (Å²) in [6, 6.07) is 21.6. The molecule has 344 valence electrons. The molecule has 2 aliphatic carbocycles. The molecule has 14 nitrogen and oxygen atoms in total. The van der Waals surface area contributed by atoms with Crippen molar-refractivity contribution in [2.75, 3.05) is 13.2 Å². The molecule has 4 bridgehead atoms. The van der Waals surface area contributed by atoms with E-state index in [-0.39, 0.29) is 73.1 Å². The predicted octanol–water partition coefficient (Wildman–Crippen LogP) is 3.35. The largest absolute Gasteiger partial charge is 0.396 e. The van der Waals surface area contributed by atoms with Crippen molar-refractivity contribution in [3.8, 4) is 0 Å². The van der Waals surface area contributed by atoms with Crippen molar-refractivity contribution < 1.29 is 29.4 Å². The molecular formula is C52H58N6O8. The van der Waals surface area contributed by atoms with E-state index in [9.17, 15) is 39.0 Å². The second-order valence-electron chi connectivity index (χ2n) is 18.6. The van der Waals surface area contributed by atoms with Gasteiger partial charge in [-0.1, -0.05) is 72.8 Å². The summed E-state index contributed by atoms with van der Waals surface area (Å²) < 4.78 is 3.37. The van der Waals surface area contributed by atoms with Gasteiger partial charge >= 0.3 is 0 Å². The van der Waals surface area contributed by atoms with Gasteiger partial charge in [-0.15, -0.1) is 0 Å². The van der Waals surface area contributed by atoms with Crippen LogP contribution in [-0.4, -0.2) is 90.2 Å². The predicted molar refractivity (Wildman–Crippen MR) is 249 cm³/mol. The van der Waals surface area contributed by atoms with Crippen LogP contribution < -0.4 is 21.8 Å². The van der Waals surface area contributed by atoms with Crippen LogP contribution in [0.2, 0.25) is 0 Å². The van der Waals surface area contributed by atoms with Crippen LogP contribution in [0.25, 0.3) is 12.2 Å². The third kappa shape index (κ3) is 7.63. The summed E-state index contributed by atoms with van der Waals surface area (Å²) in [4.78, 5) is 82.3. The first-order chi connectivity index (χ1) is 31.9. The average Bonchev–Trinajstić information content (AvgIpc) is 4.03. The summed E-state index contributed by atoms with van der Waals surface area (Å²) in [7, 11) is 0. The van der Waals surface area contributed by atoms with E-state index < -0.39 is 47.8 Å². The molecule has 2 aromatic carbocycles. The highest BCUT2D eigenvalue weighted by molar-refractivity contribution is 5.85. The van der Waals surface area contributed by atoms with E-state index in [1.54, 1.807) is 43.2 Å². The molecule has 8 atom stereocenters. The first-order valence-electron chi connectivity index (χ1n) is 23.2. The fraction of sp³-hybridized carbons (Fsp3) is 0.423. The van der Waals surface area contributed by atoms with Gasteiger partial charge in [-0.2, -0.15) is 0 Å². The summed E-state index contributed by atoms with van der Waals surface area (Å²) in [5.74, 6) is -2.74. The van der Waals surface area contributed by atoms with Gasteiger partial charge in [0.1, 0.15) is 0 Å². The van der Waals surface area contributed by atoms with Crippen molar-refractivity contribution in [2.45, 2.75) is 103 Å². The van der Waals surface area contributed by atoms with Crippen molar-refractivity contribution in [1.29, 1.82) is 0 Å². The van der Waals surface area contributed by atoms with Gasteiger partial charge < -0.3 is 39.8 Å². The molecule has 2 saturated heterocycles. The number of aliphatic hydroxyl groups is 2. The molecule has 0 spiro atoms. The number of aromatic nitrogens is 2. The summed E-state index contributed by atoms with van der Waals surface area (Å²) >= 11 is 0. The third-order valence-electron chi connectivity index (χ3n) is 15.0. The molecule has 0 unspecified atom stereocenters. The minimum atomic E-state index is -0.617. The number of carbonyl (C=O) groups excluding carboxylic acids is 4. The number of amides is 4. The van der Waals surface area contributed by atoms with Crippen LogP contribution in [0.4, 0.5) is 0 Å². The van der Waals surface area contributed by atoms with Crippen molar-refractivity contribution in [1.82, 2.24) is 29.6 Å². The fourth-order valence-electron chi connectivity index (χ4n) is 12.2. The maximum absolute atomic E-state index is 13.6. The molecular weight excluding hydrogens is 837 g/mol. The van der Waals surface area contributed by atoms with Crippen LogP contribution >= 0.6 is 0 Å². The van der Waals surface area contributed by atoms with Crippen LogP contribution in [0.3, 0.4) is 0 Å². The molecule has 10 rings (SSSR count). The zero-order valence-corrected chi connectivity index (χ0v) is 37.8. The Morgan fingerprint density at radius 1 is 0.576 bits per heavy atom. The van der Waals surface area contributed by atoms with Gasteiger partial charge in [0, 0.05) is 86.6 Å². The molecule has 2 aromatic heterocycles. The molecule has 66 heavy (non-hydrogen) atoms. The number of carbonyl (C=O) groups is 4. The second kappa shape index (κ2) is 18.1. The lowest BCUT2D eigenvalue weighted by atomic mass is 9.86. The molecule has 2 fully saturated rings. The van der Waals surface area contributed by atoms with Crippen LogP contribution in [0.5, 0.6) is 0 Å². The second-order valence-corrected chi connectivity index (χ2v) is 18.6. The smallest absolute Gasteiger partial charge is 0.258 e. The number of nitrogens with one attached hydrogen (secondary N) is 2. The van der Waals surface area contributed by atoms with Gasteiger partial charge in [0.15, 0.2) is 0 Å². The number of benzene rings is 2. The van der Waals surface area contributed by atoms with Crippen molar-refractivity contribution in [3.63, 3.8) is 0 Å². The molecule has 4 aliphatic heterocycles. The van der Waals surface area contributed by atoms with E-state index in [2.05, 4.69) is 34.9 Å². The number of allylic oxidation sites excluding steroid dienone is 2. The van der Waals surface area contributed by atoms with Crippen LogP contribution in [0.15, 0.2) is 94.5 Å². The number of fused-ring (bicyclic) bond motifs is 10. The lowest BCUT2D eigenvalue weighted by Gasteiger charge is -2.37. The van der Waals surface area contributed by atoms with Gasteiger partial charge in [-0.05, 0) is 86.1 Å². The average molecular weight is 895 g/mol. The maximum atomic E-state index is 13.6. The zero-order valence-electron chi connectivity index (χ0n) is 37.8. The Morgan fingerprint density at radius 2 is 0.924 bits per heavy atom. The normalized spacial score (nSPS) is 25.8. The first kappa shape index (κ1) is 44.8. The maximum Gasteiger partial charge on any atom is 0.258 e. The van der Waals surface area contributed by atoms with Gasteiger partial charge in [0.2, 0.25) is 23.6 Å². The van der Waals surface area contributed by atoms with Gasteiger partial charge in [-0.3, -0.25) is 28.8 Å². The van der Waals surface area contributed by atoms with E-state index in [0.717, 1.165) is 25.7 Å². The molecule has 0 saturated carbocycles. The summed E-state index contributed by atoms with van der Waals surface area (Å²) in [5.41, 5.74) is 7.16. The SMILES string of the molecule is C/C=C/c1ccc2n(c1=O)C[C@@H]1[C@@H](CO)[C@H](C(=O)NC3Cc4ccccc4C3)[C@H]2N1C(C)=O.C/C=C\c1ccc2n(c1=O)C[C@@H]1[C@@H](CO)[C@H](C(=O)NC3Cc4ccccc4C3)[C@H]2N1C(C)=O. The Bertz CT molecular complexity index is 2540. The van der Waals surface area contributed by atoms with Crippen molar-refractivity contribution in [2.24, 2.45) is 23.7 Å². The first-order valence-corrected chi connectivity index (χ1v) is 23.2. The van der Waals surface area contributed by atoms with Gasteiger partial charge in [-0.25, -0.2) is 0 Å². The van der Waals surface area contributed by atoms with Crippen LogP contribution in [0.1, 0.15) is 84.5 Å². The number of aliphatic hydroxyl groups excluding tert-OH is 2. The monoisotopic (exact) mass is 894 g/mol. The molecule has 4 aromatic rings. The Hall–Kier alpha value is -6.38. The Morgan fingerprint density at radius 3 is 1.23 bits per heavy atom. The van der Waals surface area contributed by atoms with E-state index in [1.165, 1.54) is 36.1 Å². The summed E-state index contributed by atoms with van der Waals surface area (Å²) in [5, 5.41) is 27.0. The number of rotatable bonds is 8.